The van der Waals surface area contributed by atoms with E-state index in [2.05, 4.69) is 5.32 Å². The normalized spacial score (nSPS) is 17.2. The SMILES string of the molecule is CCOC(=O)[C@@H](CCc1ccccc1)NC(C)C(=O)N1Cc2ccccc2C[C@H]1C(=O)O. The molecule has 0 spiro atoms. The molecule has 1 amide bonds. The quantitative estimate of drug-likeness (QED) is 0.584. The Bertz CT molecular complexity index is 946. The molecule has 0 bridgehead atoms. The van der Waals surface area contributed by atoms with Crippen LogP contribution in [0.5, 0.6) is 0 Å². The molecule has 1 aliphatic rings. The Balaban J connectivity index is 1.72. The minimum Gasteiger partial charge on any atom is -0.480 e. The van der Waals surface area contributed by atoms with Crippen LogP contribution >= 0.6 is 0 Å². The van der Waals surface area contributed by atoms with Gasteiger partial charge in [-0.15, -0.1) is 0 Å². The zero-order valence-electron chi connectivity index (χ0n) is 18.5. The first-order chi connectivity index (χ1) is 15.4. The number of rotatable bonds is 9. The number of carboxylic acid groups (broad SMARTS) is 1. The van der Waals surface area contributed by atoms with Crippen LogP contribution in [0.15, 0.2) is 54.6 Å². The van der Waals surface area contributed by atoms with Gasteiger partial charge in [-0.3, -0.25) is 14.9 Å². The standard InChI is InChI=1S/C25H30N2O5/c1-3-32-25(31)21(14-13-18-9-5-4-6-10-18)26-17(2)23(28)27-16-20-12-8-7-11-19(20)15-22(27)24(29)30/h4-12,17,21-22,26H,3,13-16H2,1-2H3,(H,29,30)/t17?,21-,22+/m1/s1. The van der Waals surface area contributed by atoms with Crippen molar-refractivity contribution in [1.29, 1.82) is 0 Å². The van der Waals surface area contributed by atoms with Crippen molar-refractivity contribution in [1.82, 2.24) is 10.2 Å². The van der Waals surface area contributed by atoms with Crippen molar-refractivity contribution in [3.63, 3.8) is 0 Å². The lowest BCUT2D eigenvalue weighted by atomic mass is 9.93. The highest BCUT2D eigenvalue weighted by molar-refractivity contribution is 5.88. The maximum absolute atomic E-state index is 13.3. The topological polar surface area (TPSA) is 95.9 Å². The van der Waals surface area contributed by atoms with Crippen molar-refractivity contribution in [3.05, 3.63) is 71.3 Å². The first-order valence-electron chi connectivity index (χ1n) is 11.0. The average Bonchev–Trinajstić information content (AvgIpc) is 2.80. The van der Waals surface area contributed by atoms with Gasteiger partial charge in [0.15, 0.2) is 0 Å². The number of carboxylic acids is 1. The van der Waals surface area contributed by atoms with Gasteiger partial charge in [-0.25, -0.2) is 4.79 Å². The molecule has 7 nitrogen and oxygen atoms in total. The van der Waals surface area contributed by atoms with Crippen LogP contribution in [0.25, 0.3) is 0 Å². The Morgan fingerprint density at radius 1 is 1.09 bits per heavy atom. The number of nitrogens with one attached hydrogen (secondary N) is 1. The summed E-state index contributed by atoms with van der Waals surface area (Å²) in [6.45, 7) is 3.88. The Hall–Kier alpha value is -3.19. The summed E-state index contributed by atoms with van der Waals surface area (Å²) in [7, 11) is 0. The van der Waals surface area contributed by atoms with E-state index < -0.39 is 30.1 Å². The summed E-state index contributed by atoms with van der Waals surface area (Å²) < 4.78 is 5.20. The molecule has 3 atom stereocenters. The molecule has 0 aliphatic carbocycles. The second-order valence-electron chi connectivity index (χ2n) is 8.01. The highest BCUT2D eigenvalue weighted by Gasteiger charge is 2.37. The van der Waals surface area contributed by atoms with Crippen molar-refractivity contribution >= 4 is 17.8 Å². The van der Waals surface area contributed by atoms with Gasteiger partial charge in [-0.05, 0) is 43.4 Å². The van der Waals surface area contributed by atoms with Gasteiger partial charge in [0, 0.05) is 13.0 Å². The molecule has 1 aliphatic heterocycles. The van der Waals surface area contributed by atoms with Gasteiger partial charge in [0.05, 0.1) is 12.6 Å². The smallest absolute Gasteiger partial charge is 0.326 e. The molecule has 1 heterocycles. The fourth-order valence-corrected chi connectivity index (χ4v) is 4.06. The molecule has 0 aromatic heterocycles. The molecular formula is C25H30N2O5. The minimum atomic E-state index is -1.04. The lowest BCUT2D eigenvalue weighted by Crippen LogP contribution is -2.56. The van der Waals surface area contributed by atoms with E-state index in [0.717, 1.165) is 16.7 Å². The fourth-order valence-electron chi connectivity index (χ4n) is 4.06. The van der Waals surface area contributed by atoms with Gasteiger partial charge in [0.25, 0.3) is 0 Å². The number of aryl methyl sites for hydroxylation is 1. The van der Waals surface area contributed by atoms with Gasteiger partial charge in [0.2, 0.25) is 5.91 Å². The van der Waals surface area contributed by atoms with E-state index in [9.17, 15) is 19.5 Å². The predicted octanol–water partition coefficient (Wildman–Crippen LogP) is 2.57. The average molecular weight is 439 g/mol. The van der Waals surface area contributed by atoms with E-state index in [1.54, 1.807) is 13.8 Å². The van der Waals surface area contributed by atoms with Crippen LogP contribution in [-0.4, -0.2) is 52.6 Å². The largest absolute Gasteiger partial charge is 0.480 e. The summed E-state index contributed by atoms with van der Waals surface area (Å²) in [6, 6.07) is 15.0. The summed E-state index contributed by atoms with van der Waals surface area (Å²) in [5, 5.41) is 12.8. The number of carbonyl (C=O) groups is 3. The van der Waals surface area contributed by atoms with Gasteiger partial charge in [-0.1, -0.05) is 54.6 Å². The number of amides is 1. The molecule has 3 rings (SSSR count). The number of hydrogen-bond acceptors (Lipinski definition) is 5. The van der Waals surface area contributed by atoms with Gasteiger partial charge in [0.1, 0.15) is 12.1 Å². The second kappa shape index (κ2) is 10.9. The molecule has 7 heteroatoms. The molecule has 32 heavy (non-hydrogen) atoms. The maximum Gasteiger partial charge on any atom is 0.326 e. The van der Waals surface area contributed by atoms with Crippen LogP contribution in [0.4, 0.5) is 0 Å². The monoisotopic (exact) mass is 438 g/mol. The Morgan fingerprint density at radius 2 is 1.75 bits per heavy atom. The zero-order chi connectivity index (χ0) is 23.1. The molecule has 0 saturated carbocycles. The number of nitrogens with zero attached hydrogens (tertiary/aromatic N) is 1. The molecule has 0 radical (unpaired) electrons. The molecule has 2 aromatic carbocycles. The van der Waals surface area contributed by atoms with Crippen molar-refractivity contribution in [2.75, 3.05) is 6.61 Å². The van der Waals surface area contributed by atoms with Crippen molar-refractivity contribution in [2.45, 2.75) is 57.8 Å². The summed E-state index contributed by atoms with van der Waals surface area (Å²) in [6.07, 6.45) is 1.37. The number of esters is 1. The van der Waals surface area contributed by atoms with Crippen molar-refractivity contribution in [2.24, 2.45) is 0 Å². The Morgan fingerprint density at radius 3 is 2.41 bits per heavy atom. The second-order valence-corrected chi connectivity index (χ2v) is 8.01. The third-order valence-corrected chi connectivity index (χ3v) is 5.77. The maximum atomic E-state index is 13.3. The number of hydrogen-bond donors (Lipinski definition) is 2. The Kier molecular flexibility index (Phi) is 8.00. The van der Waals surface area contributed by atoms with Crippen molar-refractivity contribution in [3.8, 4) is 0 Å². The molecular weight excluding hydrogens is 408 g/mol. The van der Waals surface area contributed by atoms with Crippen molar-refractivity contribution < 1.29 is 24.2 Å². The van der Waals surface area contributed by atoms with Crippen LogP contribution < -0.4 is 5.32 Å². The first kappa shape index (κ1) is 23.5. The predicted molar refractivity (Wildman–Crippen MR) is 120 cm³/mol. The highest BCUT2D eigenvalue weighted by Crippen LogP contribution is 2.24. The lowest BCUT2D eigenvalue weighted by Gasteiger charge is -2.36. The molecule has 2 aromatic rings. The van der Waals surface area contributed by atoms with Crippen LogP contribution in [-0.2, 0) is 38.5 Å². The van der Waals surface area contributed by atoms with E-state index in [-0.39, 0.29) is 25.5 Å². The highest BCUT2D eigenvalue weighted by atomic mass is 16.5. The summed E-state index contributed by atoms with van der Waals surface area (Å²) in [5.41, 5.74) is 2.97. The number of ether oxygens (including phenoxy) is 1. The van der Waals surface area contributed by atoms with Gasteiger partial charge >= 0.3 is 11.9 Å². The van der Waals surface area contributed by atoms with Crippen LogP contribution in [0, 0.1) is 0 Å². The third-order valence-electron chi connectivity index (χ3n) is 5.77. The lowest BCUT2D eigenvalue weighted by molar-refractivity contribution is -0.153. The van der Waals surface area contributed by atoms with E-state index in [1.807, 2.05) is 54.6 Å². The molecule has 0 fully saturated rings. The first-order valence-corrected chi connectivity index (χ1v) is 11.0. The van der Waals surface area contributed by atoms with E-state index >= 15 is 0 Å². The molecule has 170 valence electrons. The van der Waals surface area contributed by atoms with E-state index in [4.69, 9.17) is 4.74 Å². The van der Waals surface area contributed by atoms with E-state index in [0.29, 0.717) is 12.8 Å². The number of aliphatic carboxylic acids is 1. The van der Waals surface area contributed by atoms with Crippen LogP contribution in [0.1, 0.15) is 37.0 Å². The number of benzene rings is 2. The summed E-state index contributed by atoms with van der Waals surface area (Å²) in [4.78, 5) is 39.1. The van der Waals surface area contributed by atoms with Gasteiger partial charge in [-0.2, -0.15) is 0 Å². The molecule has 0 saturated heterocycles. The minimum absolute atomic E-state index is 0.228. The zero-order valence-corrected chi connectivity index (χ0v) is 18.5. The Labute approximate surface area is 188 Å². The van der Waals surface area contributed by atoms with Crippen LogP contribution in [0.2, 0.25) is 0 Å². The van der Waals surface area contributed by atoms with Gasteiger partial charge < -0.3 is 14.7 Å². The fraction of sp³-hybridized carbons (Fsp3) is 0.400. The number of carbonyl (C=O) groups excluding carboxylic acids is 2. The molecule has 2 N–H and O–H groups in total. The van der Waals surface area contributed by atoms with Crippen LogP contribution in [0.3, 0.4) is 0 Å². The molecule has 1 unspecified atom stereocenters. The van der Waals surface area contributed by atoms with E-state index in [1.165, 1.54) is 4.90 Å². The summed E-state index contributed by atoms with van der Waals surface area (Å²) in [5.74, 6) is -1.80. The third kappa shape index (κ3) is 5.73. The number of fused-ring (bicyclic) bond motifs is 1. The summed E-state index contributed by atoms with van der Waals surface area (Å²) >= 11 is 0.